The maximum atomic E-state index is 12.5. The van der Waals surface area contributed by atoms with Crippen molar-refractivity contribution in [3.05, 3.63) is 64.4 Å². The lowest BCUT2D eigenvalue weighted by Gasteiger charge is -2.23. The molecule has 1 fully saturated rings. The maximum Gasteiger partial charge on any atom is 0.269 e. The van der Waals surface area contributed by atoms with Crippen molar-refractivity contribution in [3.63, 3.8) is 0 Å². The van der Waals surface area contributed by atoms with E-state index in [1.807, 2.05) is 36.4 Å². The Balaban J connectivity index is 1.39. The zero-order chi connectivity index (χ0) is 20.1. The number of halogens is 1. The quantitative estimate of drug-likeness (QED) is 0.589. The van der Waals surface area contributed by atoms with Gasteiger partial charge in [0.2, 0.25) is 0 Å². The molecule has 3 aromatic rings. The molecular formula is C22H23BrN4O2. The molecule has 0 unspecified atom stereocenters. The zero-order valence-corrected chi connectivity index (χ0v) is 17.6. The molecule has 0 spiro atoms. The molecule has 1 saturated heterocycles. The zero-order valence-electron chi connectivity index (χ0n) is 16.0. The predicted molar refractivity (Wildman–Crippen MR) is 117 cm³/mol. The fourth-order valence-corrected chi connectivity index (χ4v) is 3.60. The highest BCUT2D eigenvalue weighted by molar-refractivity contribution is 9.10. The van der Waals surface area contributed by atoms with Crippen LogP contribution in [0, 0.1) is 0 Å². The number of hydrogen-bond acceptors (Lipinski definition) is 5. The number of carbonyl (C=O) groups excluding carboxylic acids is 1. The van der Waals surface area contributed by atoms with Crippen molar-refractivity contribution in [2.75, 3.05) is 25.1 Å². The van der Waals surface area contributed by atoms with Gasteiger partial charge in [-0.25, -0.2) is 9.97 Å². The highest BCUT2D eigenvalue weighted by Gasteiger charge is 2.14. The van der Waals surface area contributed by atoms with Crippen LogP contribution in [0.25, 0.3) is 10.9 Å². The molecule has 0 saturated carbocycles. The van der Waals surface area contributed by atoms with Gasteiger partial charge in [0.05, 0.1) is 5.52 Å². The fraction of sp³-hybridized carbons (Fsp3) is 0.318. The molecule has 29 heavy (non-hydrogen) atoms. The lowest BCUT2D eigenvalue weighted by atomic mass is 10.1. The monoisotopic (exact) mass is 454 g/mol. The molecular weight excluding hydrogens is 432 g/mol. The van der Waals surface area contributed by atoms with Crippen LogP contribution < -0.4 is 10.6 Å². The standard InChI is InChI=1S/C22H23BrN4O2/c23-17-4-1-15(2-5-17)7-10-24-22(28)19-6-3-16-14-25-21(13-20(16)27-19)26-18-8-11-29-12-9-18/h1-6,13-14,18H,7-12H2,(H,24,28)(H,25,26). The second-order valence-electron chi connectivity index (χ2n) is 7.12. The van der Waals surface area contributed by atoms with E-state index < -0.39 is 0 Å². The van der Waals surface area contributed by atoms with Crippen molar-refractivity contribution >= 4 is 38.6 Å². The summed E-state index contributed by atoms with van der Waals surface area (Å²) in [6.07, 6.45) is 4.50. The molecule has 2 N–H and O–H groups in total. The van der Waals surface area contributed by atoms with E-state index in [9.17, 15) is 4.79 Å². The van der Waals surface area contributed by atoms with Crippen LogP contribution in [0.15, 0.2) is 53.1 Å². The molecule has 0 atom stereocenters. The van der Waals surface area contributed by atoms with Crippen molar-refractivity contribution in [2.45, 2.75) is 25.3 Å². The Bertz CT molecular complexity index is 988. The van der Waals surface area contributed by atoms with E-state index in [1.54, 1.807) is 12.3 Å². The van der Waals surface area contributed by atoms with Gasteiger partial charge in [0.1, 0.15) is 11.5 Å². The van der Waals surface area contributed by atoms with Crippen molar-refractivity contribution in [2.24, 2.45) is 0 Å². The van der Waals surface area contributed by atoms with Gasteiger partial charge in [-0.15, -0.1) is 0 Å². The highest BCUT2D eigenvalue weighted by atomic mass is 79.9. The van der Waals surface area contributed by atoms with Crippen molar-refractivity contribution in [1.29, 1.82) is 0 Å². The molecule has 4 rings (SSSR count). The Kier molecular flexibility index (Phi) is 6.36. The van der Waals surface area contributed by atoms with E-state index in [-0.39, 0.29) is 5.91 Å². The molecule has 0 aliphatic carbocycles. The third-order valence-electron chi connectivity index (χ3n) is 4.99. The molecule has 1 aliphatic rings. The van der Waals surface area contributed by atoms with Crippen LogP contribution in [0.2, 0.25) is 0 Å². The fourth-order valence-electron chi connectivity index (χ4n) is 3.33. The number of benzene rings is 1. The maximum absolute atomic E-state index is 12.5. The predicted octanol–water partition coefficient (Wildman–Crippen LogP) is 3.96. The van der Waals surface area contributed by atoms with Gasteiger partial charge >= 0.3 is 0 Å². The third-order valence-corrected chi connectivity index (χ3v) is 5.52. The number of anilines is 1. The third kappa shape index (κ3) is 5.31. The summed E-state index contributed by atoms with van der Waals surface area (Å²) in [6.45, 7) is 2.11. The molecule has 6 nitrogen and oxygen atoms in total. The Morgan fingerprint density at radius 1 is 1.14 bits per heavy atom. The molecule has 7 heteroatoms. The number of fused-ring (bicyclic) bond motifs is 1. The normalized spacial score (nSPS) is 14.7. The van der Waals surface area contributed by atoms with Crippen LogP contribution in [-0.4, -0.2) is 41.7 Å². The Morgan fingerprint density at radius 2 is 1.93 bits per heavy atom. The van der Waals surface area contributed by atoms with Crippen molar-refractivity contribution in [1.82, 2.24) is 15.3 Å². The number of pyridine rings is 2. The number of nitrogens with one attached hydrogen (secondary N) is 2. The average Bonchev–Trinajstić information content (AvgIpc) is 2.75. The van der Waals surface area contributed by atoms with Gasteiger partial charge in [-0.1, -0.05) is 28.1 Å². The van der Waals surface area contributed by atoms with Crippen molar-refractivity contribution in [3.8, 4) is 0 Å². The Morgan fingerprint density at radius 3 is 2.72 bits per heavy atom. The minimum absolute atomic E-state index is 0.167. The average molecular weight is 455 g/mol. The van der Waals surface area contributed by atoms with Crippen molar-refractivity contribution < 1.29 is 9.53 Å². The molecule has 1 amide bonds. The van der Waals surface area contributed by atoms with E-state index in [1.165, 1.54) is 5.56 Å². The number of rotatable bonds is 6. The van der Waals surface area contributed by atoms with Gasteiger partial charge in [-0.3, -0.25) is 4.79 Å². The number of nitrogens with zero attached hydrogens (tertiary/aromatic N) is 2. The number of aromatic nitrogens is 2. The smallest absolute Gasteiger partial charge is 0.269 e. The van der Waals surface area contributed by atoms with E-state index in [2.05, 4.69) is 36.5 Å². The Labute approximate surface area is 178 Å². The van der Waals surface area contributed by atoms with Gasteiger partial charge in [0, 0.05) is 47.9 Å². The molecule has 150 valence electrons. The van der Waals surface area contributed by atoms with E-state index in [0.717, 1.165) is 53.7 Å². The second-order valence-corrected chi connectivity index (χ2v) is 8.04. The van der Waals surface area contributed by atoms with Crippen LogP contribution in [0.4, 0.5) is 5.82 Å². The molecule has 3 heterocycles. The molecule has 0 radical (unpaired) electrons. The van der Waals surface area contributed by atoms with Gasteiger partial charge < -0.3 is 15.4 Å². The first-order valence-electron chi connectivity index (χ1n) is 9.81. The number of amides is 1. The first-order valence-corrected chi connectivity index (χ1v) is 10.6. The van der Waals surface area contributed by atoms with E-state index in [4.69, 9.17) is 4.74 Å². The summed E-state index contributed by atoms with van der Waals surface area (Å²) < 4.78 is 6.44. The lowest BCUT2D eigenvalue weighted by molar-refractivity contribution is 0.0903. The molecule has 1 aliphatic heterocycles. The summed E-state index contributed by atoms with van der Waals surface area (Å²) in [5.74, 6) is 0.615. The van der Waals surface area contributed by atoms with Crippen LogP contribution in [0.1, 0.15) is 28.9 Å². The Hall–Kier alpha value is -2.51. The summed E-state index contributed by atoms with van der Waals surface area (Å²) in [5, 5.41) is 7.30. The van der Waals surface area contributed by atoms with Gasteiger partial charge in [-0.2, -0.15) is 0 Å². The molecule has 2 aromatic heterocycles. The molecule has 0 bridgehead atoms. The van der Waals surface area contributed by atoms with Crippen LogP contribution in [-0.2, 0) is 11.2 Å². The van der Waals surface area contributed by atoms with E-state index >= 15 is 0 Å². The lowest BCUT2D eigenvalue weighted by Crippen LogP contribution is -2.28. The summed E-state index contributed by atoms with van der Waals surface area (Å²) in [6, 6.07) is 14.0. The number of hydrogen-bond donors (Lipinski definition) is 2. The summed E-state index contributed by atoms with van der Waals surface area (Å²) in [4.78, 5) is 21.5. The minimum Gasteiger partial charge on any atom is -0.381 e. The van der Waals surface area contributed by atoms with Gasteiger partial charge in [0.25, 0.3) is 5.91 Å². The minimum atomic E-state index is -0.167. The summed E-state index contributed by atoms with van der Waals surface area (Å²) in [7, 11) is 0. The van der Waals surface area contributed by atoms with Gasteiger partial charge in [-0.05, 0) is 49.1 Å². The number of ether oxygens (including phenoxy) is 1. The summed E-state index contributed by atoms with van der Waals surface area (Å²) >= 11 is 3.43. The summed E-state index contributed by atoms with van der Waals surface area (Å²) in [5.41, 5.74) is 2.35. The highest BCUT2D eigenvalue weighted by Crippen LogP contribution is 2.18. The number of carbonyl (C=O) groups is 1. The van der Waals surface area contributed by atoms with Crippen LogP contribution >= 0.6 is 15.9 Å². The first kappa shape index (κ1) is 19.8. The van der Waals surface area contributed by atoms with Crippen LogP contribution in [0.5, 0.6) is 0 Å². The van der Waals surface area contributed by atoms with Gasteiger partial charge in [0.15, 0.2) is 0 Å². The largest absolute Gasteiger partial charge is 0.381 e. The van der Waals surface area contributed by atoms with E-state index in [0.29, 0.717) is 18.3 Å². The SMILES string of the molecule is O=C(NCCc1ccc(Br)cc1)c1ccc2cnc(NC3CCOCC3)cc2n1. The first-order chi connectivity index (χ1) is 14.2. The van der Waals surface area contributed by atoms with Crippen LogP contribution in [0.3, 0.4) is 0 Å². The second kappa shape index (κ2) is 9.33. The topological polar surface area (TPSA) is 76.1 Å². The molecule has 1 aromatic carbocycles.